The van der Waals surface area contributed by atoms with Crippen molar-refractivity contribution in [1.29, 1.82) is 0 Å². The van der Waals surface area contributed by atoms with Crippen LogP contribution in [-0.4, -0.2) is 9.97 Å². The van der Waals surface area contributed by atoms with Gasteiger partial charge in [0.15, 0.2) is 0 Å². The number of aromatic nitrogens is 2. The van der Waals surface area contributed by atoms with Crippen LogP contribution in [-0.2, 0) is 0 Å². The Labute approximate surface area is 239 Å². The van der Waals surface area contributed by atoms with E-state index in [2.05, 4.69) is 149 Å². The number of nitrogens with zero attached hydrogens (tertiary/aromatic N) is 3. The van der Waals surface area contributed by atoms with Gasteiger partial charge in [0.25, 0.3) is 0 Å². The Bertz CT molecular complexity index is 1980. The normalized spacial score (nSPS) is 11.9. The summed E-state index contributed by atoms with van der Waals surface area (Å²) in [4.78, 5) is 11.7. The molecular weight excluding hydrogens is 498 g/mol. The molecule has 7 aromatic rings. The Morgan fingerprint density at radius 3 is 1.66 bits per heavy atom. The lowest BCUT2D eigenvalue weighted by molar-refractivity contribution is 1.11. The minimum absolute atomic E-state index is 0.884. The Hall–Kier alpha value is -5.54. The Balaban J connectivity index is 1.41. The molecular formula is C38H25N3. The van der Waals surface area contributed by atoms with Crippen LogP contribution in [0.25, 0.3) is 55.3 Å². The lowest BCUT2D eigenvalue weighted by Crippen LogP contribution is -2.17. The predicted octanol–water partition coefficient (Wildman–Crippen LogP) is 10.1. The number of benzene rings is 6. The van der Waals surface area contributed by atoms with E-state index >= 15 is 0 Å². The highest BCUT2D eigenvalue weighted by Gasteiger charge is 2.28. The monoisotopic (exact) mass is 523 g/mol. The zero-order valence-electron chi connectivity index (χ0n) is 22.3. The molecule has 0 saturated carbocycles. The number of hydrogen-bond acceptors (Lipinski definition) is 3. The number of hydrogen-bond donors (Lipinski definition) is 0. The molecule has 0 unspecified atom stereocenters. The molecule has 0 radical (unpaired) electrons. The number of anilines is 3. The van der Waals surface area contributed by atoms with Crippen molar-refractivity contribution in [3.63, 3.8) is 0 Å². The van der Waals surface area contributed by atoms with E-state index in [-0.39, 0.29) is 0 Å². The average molecular weight is 524 g/mol. The van der Waals surface area contributed by atoms with Crippen LogP contribution in [0, 0.1) is 0 Å². The molecule has 0 amide bonds. The maximum Gasteiger partial charge on any atom is 0.148 e. The van der Waals surface area contributed by atoms with Gasteiger partial charge in [-0.2, -0.15) is 0 Å². The molecule has 3 nitrogen and oxygen atoms in total. The smallest absolute Gasteiger partial charge is 0.148 e. The first-order valence-electron chi connectivity index (χ1n) is 13.8. The summed E-state index contributed by atoms with van der Waals surface area (Å²) in [6.45, 7) is 0. The van der Waals surface area contributed by atoms with E-state index in [9.17, 15) is 0 Å². The van der Waals surface area contributed by atoms with Crippen LogP contribution < -0.4 is 4.90 Å². The molecule has 0 bridgehead atoms. The van der Waals surface area contributed by atoms with E-state index < -0.39 is 0 Å². The first-order chi connectivity index (χ1) is 20.3. The highest BCUT2D eigenvalue weighted by atomic mass is 15.2. The van der Waals surface area contributed by atoms with Crippen molar-refractivity contribution >= 4 is 28.0 Å². The molecule has 41 heavy (non-hydrogen) atoms. The minimum atomic E-state index is 0.884. The van der Waals surface area contributed by atoms with Crippen LogP contribution in [0.5, 0.6) is 0 Å². The number of fused-ring (bicyclic) bond motifs is 2. The van der Waals surface area contributed by atoms with Crippen molar-refractivity contribution in [2.45, 2.75) is 0 Å². The van der Waals surface area contributed by atoms with Gasteiger partial charge in [-0.1, -0.05) is 103 Å². The van der Waals surface area contributed by atoms with Gasteiger partial charge in [0.1, 0.15) is 12.1 Å². The second-order valence-corrected chi connectivity index (χ2v) is 10.4. The molecule has 1 aromatic heterocycles. The van der Waals surface area contributed by atoms with E-state index in [1.54, 1.807) is 6.33 Å². The first-order valence-corrected chi connectivity index (χ1v) is 13.8. The van der Waals surface area contributed by atoms with Gasteiger partial charge < -0.3 is 0 Å². The van der Waals surface area contributed by atoms with Crippen molar-refractivity contribution in [3.05, 3.63) is 152 Å². The third-order valence-corrected chi connectivity index (χ3v) is 7.89. The largest absolute Gasteiger partial charge is 0.294 e. The summed E-state index contributed by atoms with van der Waals surface area (Å²) in [5.74, 6) is 0.884. The molecule has 0 saturated heterocycles. The van der Waals surface area contributed by atoms with Crippen molar-refractivity contribution in [1.82, 2.24) is 9.97 Å². The van der Waals surface area contributed by atoms with Crippen molar-refractivity contribution in [3.8, 4) is 44.5 Å². The zero-order valence-corrected chi connectivity index (χ0v) is 22.3. The molecule has 3 heteroatoms. The Morgan fingerprint density at radius 2 is 1.05 bits per heavy atom. The van der Waals surface area contributed by atoms with Crippen molar-refractivity contribution in [2.75, 3.05) is 4.90 Å². The second-order valence-electron chi connectivity index (χ2n) is 10.4. The van der Waals surface area contributed by atoms with Gasteiger partial charge in [0.05, 0.1) is 5.69 Å². The van der Waals surface area contributed by atoms with E-state index in [0.29, 0.717) is 0 Å². The van der Waals surface area contributed by atoms with Crippen LogP contribution in [0.1, 0.15) is 0 Å². The lowest BCUT2D eigenvalue weighted by Gasteiger charge is -2.33. The highest BCUT2D eigenvalue weighted by molar-refractivity contribution is 6.14. The molecule has 6 aromatic carbocycles. The lowest BCUT2D eigenvalue weighted by atomic mass is 9.89. The molecule has 0 fully saturated rings. The van der Waals surface area contributed by atoms with Gasteiger partial charge in [-0.15, -0.1) is 0 Å². The summed E-state index contributed by atoms with van der Waals surface area (Å²) in [7, 11) is 0. The van der Waals surface area contributed by atoms with E-state index in [4.69, 9.17) is 4.98 Å². The predicted molar refractivity (Wildman–Crippen MR) is 170 cm³/mol. The quantitative estimate of drug-likeness (QED) is 0.230. The van der Waals surface area contributed by atoms with Gasteiger partial charge in [0.2, 0.25) is 0 Å². The molecule has 0 spiro atoms. The summed E-state index contributed by atoms with van der Waals surface area (Å²) in [6.07, 6.45) is 3.60. The van der Waals surface area contributed by atoms with Crippen LogP contribution in [0.3, 0.4) is 0 Å². The summed E-state index contributed by atoms with van der Waals surface area (Å²) in [5, 5.41) is 2.40. The van der Waals surface area contributed by atoms with Gasteiger partial charge in [-0.05, 0) is 80.7 Å². The average Bonchev–Trinajstić information content (AvgIpc) is 3.06. The number of rotatable bonds is 4. The zero-order chi connectivity index (χ0) is 27.2. The summed E-state index contributed by atoms with van der Waals surface area (Å²) in [5.41, 5.74) is 11.4. The summed E-state index contributed by atoms with van der Waals surface area (Å²) >= 11 is 0. The Morgan fingerprint density at radius 1 is 0.463 bits per heavy atom. The van der Waals surface area contributed by atoms with Crippen LogP contribution in [0.15, 0.2) is 152 Å². The fourth-order valence-corrected chi connectivity index (χ4v) is 6.01. The van der Waals surface area contributed by atoms with Gasteiger partial charge in [-0.25, -0.2) is 9.97 Å². The van der Waals surface area contributed by atoms with Crippen molar-refractivity contribution in [2.24, 2.45) is 0 Å². The van der Waals surface area contributed by atoms with Crippen molar-refractivity contribution < 1.29 is 0 Å². The fraction of sp³-hybridized carbons (Fsp3) is 0. The van der Waals surface area contributed by atoms with Gasteiger partial charge in [-0.3, -0.25) is 4.90 Å². The van der Waals surface area contributed by atoms with Crippen LogP contribution >= 0.6 is 0 Å². The fourth-order valence-electron chi connectivity index (χ4n) is 6.01. The van der Waals surface area contributed by atoms with Crippen LogP contribution in [0.4, 0.5) is 17.2 Å². The van der Waals surface area contributed by atoms with E-state index in [1.165, 1.54) is 33.0 Å². The molecule has 0 atom stereocenters. The minimum Gasteiger partial charge on any atom is -0.294 e. The maximum absolute atomic E-state index is 4.89. The van der Waals surface area contributed by atoms with E-state index in [1.807, 2.05) is 6.20 Å². The molecule has 1 aliphatic heterocycles. The molecule has 2 heterocycles. The topological polar surface area (TPSA) is 29.0 Å². The molecule has 8 rings (SSSR count). The molecule has 192 valence electrons. The summed E-state index contributed by atoms with van der Waals surface area (Å²) in [6, 6.07) is 49.7. The standard InChI is InChI=1S/C38H25N3/c1-4-11-26(12-5-1)30-20-31(27-13-6-2-7-14-27)22-33(21-30)41-36-18-10-17-29-19-32(28-15-8-3-9-16-28)23-34(37(29)36)35-24-39-25-40-38(35)41/h1-25H. The maximum atomic E-state index is 4.89. The Kier molecular flexibility index (Phi) is 5.46. The highest BCUT2D eigenvalue weighted by Crippen LogP contribution is 2.51. The summed E-state index contributed by atoms with van der Waals surface area (Å²) < 4.78 is 0. The SMILES string of the molecule is c1ccc(-c2cc(-c3ccccc3)cc(N3c4ncncc4-c4cc(-c5ccccc5)cc5cccc3c45)c2)cc1. The molecule has 0 aliphatic carbocycles. The third kappa shape index (κ3) is 3.98. The van der Waals surface area contributed by atoms with Crippen LogP contribution in [0.2, 0.25) is 0 Å². The molecule has 0 N–H and O–H groups in total. The van der Waals surface area contributed by atoms with Gasteiger partial charge >= 0.3 is 0 Å². The third-order valence-electron chi connectivity index (χ3n) is 7.89. The van der Waals surface area contributed by atoms with Gasteiger partial charge in [0, 0.05) is 22.8 Å². The second kappa shape index (κ2) is 9.58. The first kappa shape index (κ1) is 23.4. The molecule has 1 aliphatic rings. The van der Waals surface area contributed by atoms with E-state index in [0.717, 1.165) is 39.4 Å².